The molecule has 1 fully saturated rings. The molecule has 2 rings (SSSR count). The Balaban J connectivity index is 1.95. The first-order valence-corrected chi connectivity index (χ1v) is 8.39. The fourth-order valence-corrected chi connectivity index (χ4v) is 2.82. The number of hydrogen-bond acceptors (Lipinski definition) is 4. The van der Waals surface area contributed by atoms with Gasteiger partial charge in [0.1, 0.15) is 5.75 Å². The quantitative estimate of drug-likeness (QED) is 0.816. The number of ether oxygens (including phenoxy) is 2. The van der Waals surface area contributed by atoms with Gasteiger partial charge < -0.3 is 19.7 Å². The van der Waals surface area contributed by atoms with Gasteiger partial charge in [-0.25, -0.2) is 0 Å². The maximum absolute atomic E-state index is 12.0. The molecule has 1 aliphatic rings. The minimum Gasteiger partial charge on any atom is -0.495 e. The van der Waals surface area contributed by atoms with Crippen LogP contribution in [0.2, 0.25) is 5.02 Å². The van der Waals surface area contributed by atoms with Gasteiger partial charge in [0.2, 0.25) is 11.8 Å². The third-order valence-electron chi connectivity index (χ3n) is 3.93. The number of benzene rings is 1. The van der Waals surface area contributed by atoms with E-state index < -0.39 is 0 Å². The summed E-state index contributed by atoms with van der Waals surface area (Å²) in [5.41, 5.74) is 0.560. The molecule has 7 heteroatoms. The molecule has 2 amide bonds. The predicted molar refractivity (Wildman–Crippen MR) is 92.6 cm³/mol. The summed E-state index contributed by atoms with van der Waals surface area (Å²) >= 11 is 6.02. The van der Waals surface area contributed by atoms with Crippen molar-refractivity contribution in [3.05, 3.63) is 23.2 Å². The number of rotatable bonds is 7. The number of methoxy groups -OCH3 is 1. The summed E-state index contributed by atoms with van der Waals surface area (Å²) in [7, 11) is 1.53. The maximum atomic E-state index is 12.0. The monoisotopic (exact) mass is 354 g/mol. The third-order valence-corrected chi connectivity index (χ3v) is 4.16. The molecular weight excluding hydrogens is 332 g/mol. The fourth-order valence-electron chi connectivity index (χ4n) is 2.66. The van der Waals surface area contributed by atoms with Crippen molar-refractivity contribution >= 4 is 29.1 Å². The van der Waals surface area contributed by atoms with E-state index >= 15 is 0 Å². The number of carbonyl (C=O) groups is 2. The van der Waals surface area contributed by atoms with E-state index in [1.54, 1.807) is 18.2 Å². The van der Waals surface area contributed by atoms with Crippen molar-refractivity contribution in [2.75, 3.05) is 31.7 Å². The lowest BCUT2D eigenvalue weighted by atomic mass is 10.2. The van der Waals surface area contributed by atoms with Gasteiger partial charge in [0.25, 0.3) is 0 Å². The van der Waals surface area contributed by atoms with Crippen LogP contribution < -0.4 is 15.0 Å². The lowest BCUT2D eigenvalue weighted by molar-refractivity contribution is -0.121. The van der Waals surface area contributed by atoms with Crippen LogP contribution >= 0.6 is 11.6 Å². The Morgan fingerprint density at radius 1 is 1.46 bits per heavy atom. The van der Waals surface area contributed by atoms with E-state index in [0.717, 1.165) is 19.4 Å². The molecule has 6 nitrogen and oxygen atoms in total. The molecule has 1 heterocycles. The second kappa shape index (κ2) is 8.89. The molecule has 0 aromatic heterocycles. The SMILES string of the molecule is COc1ccc(Cl)cc1N(CCC(=O)NCC1CCCO1)C(C)=O. The highest BCUT2D eigenvalue weighted by Crippen LogP contribution is 2.31. The molecule has 0 aliphatic carbocycles. The van der Waals surface area contributed by atoms with Crippen LogP contribution in [0.5, 0.6) is 5.75 Å². The van der Waals surface area contributed by atoms with E-state index in [1.165, 1.54) is 18.9 Å². The first-order chi connectivity index (χ1) is 11.5. The fraction of sp³-hybridized carbons (Fsp3) is 0.529. The molecule has 1 N–H and O–H groups in total. The smallest absolute Gasteiger partial charge is 0.223 e. The molecule has 24 heavy (non-hydrogen) atoms. The highest BCUT2D eigenvalue weighted by atomic mass is 35.5. The molecule has 132 valence electrons. The summed E-state index contributed by atoms with van der Waals surface area (Å²) in [6.45, 7) is 2.97. The summed E-state index contributed by atoms with van der Waals surface area (Å²) in [4.78, 5) is 25.5. The highest BCUT2D eigenvalue weighted by molar-refractivity contribution is 6.31. The van der Waals surface area contributed by atoms with Crippen molar-refractivity contribution in [2.45, 2.75) is 32.3 Å². The van der Waals surface area contributed by atoms with Gasteiger partial charge in [-0.15, -0.1) is 0 Å². The molecule has 0 saturated carbocycles. The number of carbonyl (C=O) groups excluding carboxylic acids is 2. The number of amides is 2. The zero-order valence-electron chi connectivity index (χ0n) is 14.0. The van der Waals surface area contributed by atoms with Crippen molar-refractivity contribution in [1.29, 1.82) is 0 Å². The molecule has 1 saturated heterocycles. The average molecular weight is 355 g/mol. The van der Waals surface area contributed by atoms with Gasteiger partial charge in [0.15, 0.2) is 0 Å². The minimum absolute atomic E-state index is 0.103. The number of nitrogens with one attached hydrogen (secondary N) is 1. The summed E-state index contributed by atoms with van der Waals surface area (Å²) in [6, 6.07) is 5.05. The van der Waals surface area contributed by atoms with E-state index in [0.29, 0.717) is 23.0 Å². The van der Waals surface area contributed by atoms with Gasteiger partial charge in [0.05, 0.1) is 18.9 Å². The van der Waals surface area contributed by atoms with Crippen LogP contribution in [0.15, 0.2) is 18.2 Å². The van der Waals surface area contributed by atoms with Crippen molar-refractivity contribution in [2.24, 2.45) is 0 Å². The molecular formula is C17H23ClN2O4. The normalized spacial score (nSPS) is 16.7. The summed E-state index contributed by atoms with van der Waals surface area (Å²) in [5, 5.41) is 3.35. The number of hydrogen-bond donors (Lipinski definition) is 1. The molecule has 0 spiro atoms. The zero-order valence-corrected chi connectivity index (χ0v) is 14.8. The van der Waals surface area contributed by atoms with Gasteiger partial charge >= 0.3 is 0 Å². The third kappa shape index (κ3) is 5.11. The van der Waals surface area contributed by atoms with E-state index in [9.17, 15) is 9.59 Å². The van der Waals surface area contributed by atoms with Crippen LogP contribution in [0.3, 0.4) is 0 Å². The van der Waals surface area contributed by atoms with Crippen LogP contribution in [0, 0.1) is 0 Å². The van der Waals surface area contributed by atoms with Crippen molar-refractivity contribution in [1.82, 2.24) is 5.32 Å². The van der Waals surface area contributed by atoms with Crippen molar-refractivity contribution in [3.8, 4) is 5.75 Å². The van der Waals surface area contributed by atoms with Crippen molar-refractivity contribution in [3.63, 3.8) is 0 Å². The van der Waals surface area contributed by atoms with Crippen LogP contribution in [-0.4, -0.2) is 44.7 Å². The van der Waals surface area contributed by atoms with Gasteiger partial charge in [-0.2, -0.15) is 0 Å². The van der Waals surface area contributed by atoms with E-state index in [-0.39, 0.29) is 30.9 Å². The largest absolute Gasteiger partial charge is 0.495 e. The topological polar surface area (TPSA) is 67.9 Å². The molecule has 1 aromatic carbocycles. The lowest BCUT2D eigenvalue weighted by Crippen LogP contribution is -2.36. The van der Waals surface area contributed by atoms with E-state index in [2.05, 4.69) is 5.32 Å². The number of nitrogens with zero attached hydrogens (tertiary/aromatic N) is 1. The Labute approximate surface area is 147 Å². The van der Waals surface area contributed by atoms with Crippen LogP contribution in [0.4, 0.5) is 5.69 Å². The van der Waals surface area contributed by atoms with Crippen LogP contribution in [0.25, 0.3) is 0 Å². The van der Waals surface area contributed by atoms with E-state index in [4.69, 9.17) is 21.1 Å². The summed E-state index contributed by atoms with van der Waals surface area (Å²) in [5.74, 6) is 0.245. The van der Waals surface area contributed by atoms with E-state index in [1.807, 2.05) is 0 Å². The van der Waals surface area contributed by atoms with Crippen LogP contribution in [-0.2, 0) is 14.3 Å². The van der Waals surface area contributed by atoms with Gasteiger partial charge in [-0.1, -0.05) is 11.6 Å². The Bertz CT molecular complexity index is 588. The summed E-state index contributed by atoms with van der Waals surface area (Å²) < 4.78 is 10.8. The average Bonchev–Trinajstić information content (AvgIpc) is 3.06. The molecule has 0 radical (unpaired) electrons. The Morgan fingerprint density at radius 3 is 2.88 bits per heavy atom. The second-order valence-corrected chi connectivity index (χ2v) is 6.11. The van der Waals surface area contributed by atoms with Gasteiger partial charge in [-0.05, 0) is 31.0 Å². The highest BCUT2D eigenvalue weighted by Gasteiger charge is 2.19. The molecule has 1 atom stereocenters. The molecule has 1 aromatic rings. The molecule has 0 bridgehead atoms. The molecule has 1 unspecified atom stereocenters. The first-order valence-electron chi connectivity index (χ1n) is 8.01. The van der Waals surface area contributed by atoms with Gasteiger partial charge in [-0.3, -0.25) is 9.59 Å². The van der Waals surface area contributed by atoms with Gasteiger partial charge in [0, 0.05) is 38.1 Å². The zero-order chi connectivity index (χ0) is 17.5. The predicted octanol–water partition coefficient (Wildman–Crippen LogP) is 2.39. The Kier molecular flexibility index (Phi) is 6.87. The Morgan fingerprint density at radius 2 is 2.25 bits per heavy atom. The second-order valence-electron chi connectivity index (χ2n) is 5.68. The van der Waals surface area contributed by atoms with Crippen molar-refractivity contribution < 1.29 is 19.1 Å². The Hall–Kier alpha value is -1.79. The molecule has 1 aliphatic heterocycles. The summed E-state index contributed by atoms with van der Waals surface area (Å²) in [6.07, 6.45) is 2.31. The number of halogens is 1. The maximum Gasteiger partial charge on any atom is 0.223 e. The minimum atomic E-state index is -0.178. The lowest BCUT2D eigenvalue weighted by Gasteiger charge is -2.23. The first kappa shape index (κ1) is 18.5. The number of anilines is 1. The standard InChI is InChI=1S/C17H23ClN2O4/c1-12(21)20(15-10-13(18)5-6-16(15)23-2)8-7-17(22)19-11-14-4-3-9-24-14/h5-6,10,14H,3-4,7-9,11H2,1-2H3,(H,19,22). The van der Waals surface area contributed by atoms with Crippen LogP contribution in [0.1, 0.15) is 26.2 Å².